The number of amides is 2. The van der Waals surface area contributed by atoms with Crippen LogP contribution in [-0.4, -0.2) is 15.8 Å². The highest BCUT2D eigenvalue weighted by Crippen LogP contribution is 2.29. The zero-order chi connectivity index (χ0) is 20.3. The summed E-state index contributed by atoms with van der Waals surface area (Å²) in [5.41, 5.74) is 2.80. The summed E-state index contributed by atoms with van der Waals surface area (Å²) in [7, 11) is 0. The van der Waals surface area contributed by atoms with Gasteiger partial charge in [-0.1, -0.05) is 18.2 Å². The topological polar surface area (TPSA) is 59.0 Å². The molecule has 146 valence electrons. The summed E-state index contributed by atoms with van der Waals surface area (Å²) in [4.78, 5) is 12.1. The van der Waals surface area contributed by atoms with Gasteiger partial charge in [0, 0.05) is 17.9 Å². The van der Waals surface area contributed by atoms with E-state index in [1.165, 1.54) is 12.1 Å². The minimum absolute atomic E-state index is 0.0209. The summed E-state index contributed by atoms with van der Waals surface area (Å²) in [5.74, 6) is 0. The van der Waals surface area contributed by atoms with Crippen molar-refractivity contribution in [2.75, 3.05) is 5.32 Å². The molecule has 1 heterocycles. The van der Waals surface area contributed by atoms with Crippen LogP contribution in [-0.2, 0) is 12.7 Å². The van der Waals surface area contributed by atoms with E-state index in [9.17, 15) is 18.0 Å². The number of hydrogen-bond acceptors (Lipinski definition) is 2. The van der Waals surface area contributed by atoms with Crippen LogP contribution >= 0.6 is 0 Å². The molecule has 28 heavy (non-hydrogen) atoms. The molecule has 1 aromatic heterocycles. The molecule has 0 aliphatic heterocycles. The number of halogens is 3. The van der Waals surface area contributed by atoms with E-state index in [4.69, 9.17) is 0 Å². The average Bonchev–Trinajstić information content (AvgIpc) is 2.98. The van der Waals surface area contributed by atoms with Gasteiger partial charge in [-0.25, -0.2) is 9.48 Å². The molecular weight excluding hydrogens is 369 g/mol. The fourth-order valence-electron chi connectivity index (χ4n) is 2.82. The molecule has 3 aromatic rings. The summed E-state index contributed by atoms with van der Waals surface area (Å²) in [6.07, 6.45) is -4.41. The molecule has 2 aromatic carbocycles. The van der Waals surface area contributed by atoms with E-state index in [1.807, 2.05) is 26.0 Å². The van der Waals surface area contributed by atoms with E-state index in [2.05, 4.69) is 15.7 Å². The van der Waals surface area contributed by atoms with Gasteiger partial charge in [-0.3, -0.25) is 0 Å². The predicted octanol–water partition coefficient (Wildman–Crippen LogP) is 4.83. The summed E-state index contributed by atoms with van der Waals surface area (Å²) in [6.45, 7) is 3.81. The molecule has 0 atom stereocenters. The average molecular weight is 388 g/mol. The van der Waals surface area contributed by atoms with E-state index in [1.54, 1.807) is 22.9 Å². The summed E-state index contributed by atoms with van der Waals surface area (Å²) < 4.78 is 40.0. The second-order valence-electron chi connectivity index (χ2n) is 6.40. The zero-order valence-corrected chi connectivity index (χ0v) is 15.3. The van der Waals surface area contributed by atoms with Crippen molar-refractivity contribution in [2.24, 2.45) is 0 Å². The van der Waals surface area contributed by atoms with Crippen molar-refractivity contribution in [1.82, 2.24) is 15.1 Å². The van der Waals surface area contributed by atoms with E-state index < -0.39 is 17.8 Å². The Morgan fingerprint density at radius 1 is 1.07 bits per heavy atom. The number of rotatable bonds is 4. The lowest BCUT2D eigenvalue weighted by atomic mass is 10.1. The van der Waals surface area contributed by atoms with E-state index in [-0.39, 0.29) is 6.54 Å². The fraction of sp³-hybridized carbons (Fsp3) is 0.200. The molecule has 0 aliphatic rings. The van der Waals surface area contributed by atoms with Crippen LogP contribution in [0.15, 0.2) is 54.6 Å². The second-order valence-corrected chi connectivity index (χ2v) is 6.40. The van der Waals surface area contributed by atoms with Crippen LogP contribution in [0.1, 0.15) is 22.5 Å². The van der Waals surface area contributed by atoms with Crippen LogP contribution in [0.5, 0.6) is 0 Å². The van der Waals surface area contributed by atoms with E-state index in [0.717, 1.165) is 29.2 Å². The third-order valence-electron chi connectivity index (χ3n) is 4.07. The van der Waals surface area contributed by atoms with Crippen molar-refractivity contribution in [3.05, 3.63) is 77.1 Å². The molecule has 0 aliphatic carbocycles. The van der Waals surface area contributed by atoms with Gasteiger partial charge in [-0.2, -0.15) is 18.3 Å². The molecule has 0 fully saturated rings. The largest absolute Gasteiger partial charge is 0.416 e. The zero-order valence-electron chi connectivity index (χ0n) is 15.3. The highest BCUT2D eigenvalue weighted by Gasteiger charge is 2.30. The number of benzene rings is 2. The van der Waals surface area contributed by atoms with Crippen molar-refractivity contribution in [1.29, 1.82) is 0 Å². The van der Waals surface area contributed by atoms with Gasteiger partial charge in [0.15, 0.2) is 0 Å². The number of aryl methyl sites for hydroxylation is 2. The Morgan fingerprint density at radius 2 is 1.82 bits per heavy atom. The molecule has 0 saturated carbocycles. The van der Waals surface area contributed by atoms with E-state index >= 15 is 0 Å². The first-order chi connectivity index (χ1) is 13.2. The lowest BCUT2D eigenvalue weighted by Gasteiger charge is -2.11. The summed E-state index contributed by atoms with van der Waals surface area (Å²) >= 11 is 0. The Bertz CT molecular complexity index is 995. The third-order valence-corrected chi connectivity index (χ3v) is 4.07. The lowest BCUT2D eigenvalue weighted by molar-refractivity contribution is -0.137. The number of carbonyl (C=O) groups is 1. The van der Waals surface area contributed by atoms with Crippen LogP contribution in [0, 0.1) is 13.8 Å². The van der Waals surface area contributed by atoms with Crippen molar-refractivity contribution in [2.45, 2.75) is 26.6 Å². The SMILES string of the molecule is Cc1cc(C)n(-c2cccc(NC(=O)NCc3cccc(C(F)(F)F)c3)c2)n1. The number of anilines is 1. The Balaban J connectivity index is 1.64. The van der Waals surface area contributed by atoms with Crippen LogP contribution in [0.2, 0.25) is 0 Å². The predicted molar refractivity (Wildman–Crippen MR) is 100 cm³/mol. The maximum Gasteiger partial charge on any atom is 0.416 e. The molecule has 3 rings (SSSR count). The Kier molecular flexibility index (Phi) is 5.39. The standard InChI is InChI=1S/C20H19F3N4O/c1-13-9-14(2)27(26-13)18-8-4-7-17(11-18)25-19(28)24-12-15-5-3-6-16(10-15)20(21,22)23/h3-11H,12H2,1-2H3,(H2,24,25,28). The van der Waals surface area contributed by atoms with Crippen LogP contribution in [0.25, 0.3) is 5.69 Å². The quantitative estimate of drug-likeness (QED) is 0.673. The molecule has 0 saturated heterocycles. The number of nitrogens with one attached hydrogen (secondary N) is 2. The van der Waals surface area contributed by atoms with Gasteiger partial charge in [0.1, 0.15) is 0 Å². The van der Waals surface area contributed by atoms with E-state index in [0.29, 0.717) is 11.3 Å². The Hall–Kier alpha value is -3.29. The molecular formula is C20H19F3N4O. The summed E-state index contributed by atoms with van der Waals surface area (Å²) in [5, 5.41) is 9.64. The molecule has 2 N–H and O–H groups in total. The molecule has 8 heteroatoms. The molecule has 5 nitrogen and oxygen atoms in total. The molecule has 0 spiro atoms. The molecule has 0 radical (unpaired) electrons. The second kappa shape index (κ2) is 7.75. The number of carbonyl (C=O) groups excluding carboxylic acids is 1. The van der Waals surface area contributed by atoms with Gasteiger partial charge in [-0.05, 0) is 55.8 Å². The van der Waals surface area contributed by atoms with Crippen molar-refractivity contribution in [3.8, 4) is 5.69 Å². The number of urea groups is 1. The maximum atomic E-state index is 12.8. The van der Waals surface area contributed by atoms with Crippen molar-refractivity contribution < 1.29 is 18.0 Å². The van der Waals surface area contributed by atoms with Gasteiger partial charge in [0.2, 0.25) is 0 Å². The minimum Gasteiger partial charge on any atom is -0.334 e. The fourth-order valence-corrected chi connectivity index (χ4v) is 2.82. The highest BCUT2D eigenvalue weighted by atomic mass is 19.4. The van der Waals surface area contributed by atoms with Crippen LogP contribution in [0.3, 0.4) is 0 Å². The smallest absolute Gasteiger partial charge is 0.334 e. The lowest BCUT2D eigenvalue weighted by Crippen LogP contribution is -2.28. The van der Waals surface area contributed by atoms with Crippen molar-refractivity contribution in [3.63, 3.8) is 0 Å². The third kappa shape index (κ3) is 4.70. The van der Waals surface area contributed by atoms with Crippen LogP contribution < -0.4 is 10.6 Å². The highest BCUT2D eigenvalue weighted by molar-refractivity contribution is 5.89. The normalized spacial score (nSPS) is 11.3. The van der Waals surface area contributed by atoms with Gasteiger partial charge in [0.25, 0.3) is 0 Å². The Morgan fingerprint density at radius 3 is 2.50 bits per heavy atom. The first-order valence-electron chi connectivity index (χ1n) is 8.57. The number of hydrogen-bond donors (Lipinski definition) is 2. The summed E-state index contributed by atoms with van der Waals surface area (Å²) in [6, 6.07) is 13.4. The first-order valence-corrected chi connectivity index (χ1v) is 8.57. The Labute approximate surface area is 160 Å². The minimum atomic E-state index is -4.41. The van der Waals surface area contributed by atoms with Crippen molar-refractivity contribution >= 4 is 11.7 Å². The number of aromatic nitrogens is 2. The van der Waals surface area contributed by atoms with Crippen LogP contribution in [0.4, 0.5) is 23.7 Å². The number of alkyl halides is 3. The monoisotopic (exact) mass is 388 g/mol. The molecule has 0 bridgehead atoms. The molecule has 0 unspecified atom stereocenters. The van der Waals surface area contributed by atoms with Gasteiger partial charge in [-0.15, -0.1) is 0 Å². The molecule has 2 amide bonds. The first kappa shape index (κ1) is 19.5. The number of nitrogens with zero attached hydrogens (tertiary/aromatic N) is 2. The van der Waals surface area contributed by atoms with Gasteiger partial charge in [0.05, 0.1) is 16.9 Å². The van der Waals surface area contributed by atoms with Gasteiger partial charge < -0.3 is 10.6 Å². The maximum absolute atomic E-state index is 12.8. The van der Waals surface area contributed by atoms with Gasteiger partial charge >= 0.3 is 12.2 Å².